The minimum atomic E-state index is -0.353. The normalized spacial score (nSPS) is 25.8. The number of rotatable bonds is 4. The lowest BCUT2D eigenvalue weighted by molar-refractivity contribution is -0.914. The molecule has 6 rings (SSSR count). The second-order valence-electron chi connectivity index (χ2n) is 9.97. The van der Waals surface area contributed by atoms with E-state index in [0.717, 1.165) is 32.6 Å². The van der Waals surface area contributed by atoms with Crippen molar-refractivity contribution in [2.45, 2.75) is 57.2 Å². The smallest absolute Gasteiger partial charge is 0.250 e. The van der Waals surface area contributed by atoms with Crippen molar-refractivity contribution in [3.63, 3.8) is 0 Å². The van der Waals surface area contributed by atoms with Crippen LogP contribution in [0.3, 0.4) is 0 Å². The van der Waals surface area contributed by atoms with E-state index in [2.05, 4.69) is 34.9 Å². The highest BCUT2D eigenvalue weighted by molar-refractivity contribution is 5.85. The van der Waals surface area contributed by atoms with Crippen LogP contribution in [0, 0.1) is 5.92 Å². The van der Waals surface area contributed by atoms with Crippen molar-refractivity contribution in [1.29, 1.82) is 0 Å². The molecule has 1 fully saturated rings. The fourth-order valence-electron chi connectivity index (χ4n) is 6.69. The van der Waals surface area contributed by atoms with Crippen LogP contribution in [0.25, 0.3) is 10.9 Å². The molecule has 162 valence electrons. The van der Waals surface area contributed by atoms with Crippen LogP contribution < -0.4 is 10.5 Å². The molecule has 3 aliphatic rings. The van der Waals surface area contributed by atoms with Gasteiger partial charge in [0.05, 0.1) is 19.6 Å². The quantitative estimate of drug-likeness (QED) is 0.678. The van der Waals surface area contributed by atoms with Crippen molar-refractivity contribution in [3.05, 3.63) is 69.8 Å². The monoisotopic (exact) mass is 418 g/mol. The van der Waals surface area contributed by atoms with Crippen LogP contribution in [-0.4, -0.2) is 40.0 Å². The first-order chi connectivity index (χ1) is 15.2. The van der Waals surface area contributed by atoms with Gasteiger partial charge in [-0.2, -0.15) is 0 Å². The van der Waals surface area contributed by atoms with Gasteiger partial charge in [0.15, 0.2) is 0 Å². The molecule has 5 heteroatoms. The van der Waals surface area contributed by atoms with E-state index < -0.39 is 0 Å². The van der Waals surface area contributed by atoms with Crippen LogP contribution in [0.1, 0.15) is 42.1 Å². The molecule has 3 aromatic rings. The first-order valence-electron chi connectivity index (χ1n) is 12.0. The number of hydrogen-bond acceptors (Lipinski definition) is 2. The van der Waals surface area contributed by atoms with Gasteiger partial charge in [-0.05, 0) is 49.8 Å². The molecule has 1 saturated heterocycles. The highest BCUT2D eigenvalue weighted by Crippen LogP contribution is 2.33. The van der Waals surface area contributed by atoms with Gasteiger partial charge in [0.2, 0.25) is 0 Å². The molecule has 1 aliphatic carbocycles. The van der Waals surface area contributed by atoms with Gasteiger partial charge in [0.25, 0.3) is 5.56 Å². The number of aliphatic hydroxyl groups is 1. The van der Waals surface area contributed by atoms with E-state index in [1.54, 1.807) is 6.07 Å². The maximum absolute atomic E-state index is 12.3. The number of nitrogens with zero attached hydrogens (tertiary/aromatic N) is 2. The second-order valence-corrected chi connectivity index (χ2v) is 9.97. The molecule has 4 atom stereocenters. The Morgan fingerprint density at radius 1 is 1.06 bits per heavy atom. The number of hydrogen-bond donors (Lipinski definition) is 2. The minimum Gasteiger partial charge on any atom is -0.385 e. The SMILES string of the molecule is O=c1cccc2n1C[C@H]1C[C@@H]2C[NH+](C[C@@H](O)Cn2c3c(c4ccccc42)CCCC3)C1. The van der Waals surface area contributed by atoms with E-state index in [-0.39, 0.29) is 11.7 Å². The van der Waals surface area contributed by atoms with Gasteiger partial charge in [-0.15, -0.1) is 0 Å². The average molecular weight is 419 g/mol. The number of aliphatic hydroxyl groups excluding tert-OH is 1. The van der Waals surface area contributed by atoms with Crippen LogP contribution in [0.5, 0.6) is 0 Å². The summed E-state index contributed by atoms with van der Waals surface area (Å²) in [5.74, 6) is 0.970. The van der Waals surface area contributed by atoms with Gasteiger partial charge < -0.3 is 19.1 Å². The maximum Gasteiger partial charge on any atom is 0.250 e. The van der Waals surface area contributed by atoms with Crippen molar-refractivity contribution >= 4 is 10.9 Å². The summed E-state index contributed by atoms with van der Waals surface area (Å²) in [5.41, 5.74) is 5.58. The standard InChI is InChI=1S/C26H31N3O2/c30-20(17-28-24-8-3-1-6-21(24)22-7-2-4-9-25(22)28)16-27-13-18-12-19(15-27)23-10-5-11-26(31)29(23)14-18/h1,3,5-6,8,10-11,18-20,30H,2,4,7,9,12-17H2/p+1/t18-,19+,20+/m0/s1. The van der Waals surface area contributed by atoms with Gasteiger partial charge in [0.1, 0.15) is 12.6 Å². The zero-order valence-corrected chi connectivity index (χ0v) is 18.1. The van der Waals surface area contributed by atoms with E-state index >= 15 is 0 Å². The predicted octanol–water partition coefficient (Wildman–Crippen LogP) is 1.74. The third-order valence-electron chi connectivity index (χ3n) is 7.87. The molecule has 0 amide bonds. The molecular formula is C26H32N3O2+. The van der Waals surface area contributed by atoms with Crippen LogP contribution in [-0.2, 0) is 25.9 Å². The van der Waals surface area contributed by atoms with Crippen LogP contribution in [0.2, 0.25) is 0 Å². The van der Waals surface area contributed by atoms with E-state index in [1.165, 1.54) is 58.4 Å². The molecule has 4 heterocycles. The molecule has 5 nitrogen and oxygen atoms in total. The van der Waals surface area contributed by atoms with Crippen molar-refractivity contribution in [2.24, 2.45) is 5.92 Å². The number of aryl methyl sites for hydroxylation is 1. The predicted molar refractivity (Wildman–Crippen MR) is 122 cm³/mol. The van der Waals surface area contributed by atoms with E-state index in [1.807, 2.05) is 10.6 Å². The summed E-state index contributed by atoms with van der Waals surface area (Å²) in [6.45, 7) is 4.37. The van der Waals surface area contributed by atoms with Crippen LogP contribution in [0.4, 0.5) is 0 Å². The molecule has 1 aromatic carbocycles. The lowest BCUT2D eigenvalue weighted by atomic mass is 9.83. The molecule has 0 radical (unpaired) electrons. The number of quaternary nitrogens is 1. The second kappa shape index (κ2) is 7.64. The van der Waals surface area contributed by atoms with Crippen molar-refractivity contribution in [1.82, 2.24) is 9.13 Å². The summed E-state index contributed by atoms with van der Waals surface area (Å²) in [7, 11) is 0. The Hall–Kier alpha value is -2.37. The van der Waals surface area contributed by atoms with Crippen LogP contribution >= 0.6 is 0 Å². The zero-order chi connectivity index (χ0) is 20.9. The summed E-state index contributed by atoms with van der Waals surface area (Å²) in [6.07, 6.45) is 5.64. The Balaban J connectivity index is 1.21. The number of para-hydroxylation sites is 1. The van der Waals surface area contributed by atoms with Gasteiger partial charge in [-0.25, -0.2) is 0 Å². The Morgan fingerprint density at radius 3 is 2.87 bits per heavy atom. The minimum absolute atomic E-state index is 0.139. The Labute approximate surface area is 182 Å². The third-order valence-corrected chi connectivity index (χ3v) is 7.87. The van der Waals surface area contributed by atoms with E-state index in [9.17, 15) is 9.90 Å². The number of nitrogens with one attached hydrogen (secondary N) is 1. The first-order valence-corrected chi connectivity index (χ1v) is 12.0. The van der Waals surface area contributed by atoms with Gasteiger partial charge in [-0.1, -0.05) is 24.3 Å². The molecular weight excluding hydrogens is 386 g/mol. The van der Waals surface area contributed by atoms with Gasteiger partial charge >= 0.3 is 0 Å². The van der Waals surface area contributed by atoms with Crippen LogP contribution in [0.15, 0.2) is 47.3 Å². The Morgan fingerprint density at radius 2 is 1.94 bits per heavy atom. The summed E-state index contributed by atoms with van der Waals surface area (Å²) >= 11 is 0. The summed E-state index contributed by atoms with van der Waals surface area (Å²) in [6, 6.07) is 14.4. The molecule has 0 spiro atoms. The number of likely N-dealkylation sites (tertiary alicyclic amines) is 1. The number of piperidine rings is 1. The Kier molecular flexibility index (Phi) is 4.77. The lowest BCUT2D eigenvalue weighted by Gasteiger charge is -2.40. The van der Waals surface area contributed by atoms with E-state index in [4.69, 9.17) is 0 Å². The van der Waals surface area contributed by atoms with Gasteiger partial charge in [0, 0.05) is 46.7 Å². The van der Waals surface area contributed by atoms with Crippen molar-refractivity contribution in [2.75, 3.05) is 19.6 Å². The summed E-state index contributed by atoms with van der Waals surface area (Å²) < 4.78 is 4.40. The maximum atomic E-state index is 12.3. The molecule has 0 saturated carbocycles. The fraction of sp³-hybridized carbons (Fsp3) is 0.500. The third kappa shape index (κ3) is 3.35. The molecule has 1 unspecified atom stereocenters. The summed E-state index contributed by atoms with van der Waals surface area (Å²) in [5, 5.41) is 12.5. The topological polar surface area (TPSA) is 51.6 Å². The first kappa shape index (κ1) is 19.3. The Bertz CT molecular complexity index is 1180. The molecule has 2 N–H and O–H groups in total. The molecule has 2 aliphatic heterocycles. The van der Waals surface area contributed by atoms with Crippen molar-refractivity contribution in [3.8, 4) is 0 Å². The molecule has 2 aromatic heterocycles. The number of benzene rings is 1. The fourth-order valence-corrected chi connectivity index (χ4v) is 6.69. The number of pyridine rings is 1. The van der Waals surface area contributed by atoms with E-state index in [0.29, 0.717) is 18.4 Å². The lowest BCUT2D eigenvalue weighted by Crippen LogP contribution is -3.15. The number of fused-ring (bicyclic) bond motifs is 7. The highest BCUT2D eigenvalue weighted by atomic mass is 16.3. The largest absolute Gasteiger partial charge is 0.385 e. The number of aromatic nitrogens is 2. The van der Waals surface area contributed by atoms with Crippen molar-refractivity contribution < 1.29 is 10.0 Å². The molecule has 31 heavy (non-hydrogen) atoms. The van der Waals surface area contributed by atoms with Gasteiger partial charge in [-0.3, -0.25) is 4.79 Å². The average Bonchev–Trinajstić information content (AvgIpc) is 3.08. The molecule has 2 bridgehead atoms. The summed E-state index contributed by atoms with van der Waals surface area (Å²) in [4.78, 5) is 13.8. The zero-order valence-electron chi connectivity index (χ0n) is 18.1. The highest BCUT2D eigenvalue weighted by Gasteiger charge is 2.37.